The number of hydrogen-bond acceptors (Lipinski definition) is 1. The van der Waals surface area contributed by atoms with Crippen LogP contribution in [0.5, 0.6) is 0 Å². The Morgan fingerprint density at radius 1 is 1.20 bits per heavy atom. The molecule has 0 unspecified atom stereocenters. The molecule has 2 N–H and O–H groups in total. The molecule has 0 aromatic carbocycles. The average Bonchev–Trinajstić information content (AvgIpc) is 2.18. The molecule has 1 rings (SSSR count). The number of hydrogen-bond donors (Lipinski definition) is 1. The lowest BCUT2D eigenvalue weighted by Gasteiger charge is -2.35. The number of nitrogens with two attached hydrogens (primary N) is 1. The maximum Gasteiger partial charge on any atom is 0.252 e. The molecule has 90 valence electrons. The third kappa shape index (κ3) is 3.40. The van der Waals surface area contributed by atoms with Crippen LogP contribution >= 0.6 is 0 Å². The summed E-state index contributed by atoms with van der Waals surface area (Å²) in [5.74, 6) is -1.67. The van der Waals surface area contributed by atoms with Gasteiger partial charge in [0.15, 0.2) is 0 Å². The van der Waals surface area contributed by atoms with Gasteiger partial charge in [0.1, 0.15) is 0 Å². The molecule has 0 spiro atoms. The third-order valence-electron chi connectivity index (χ3n) is 3.79. The molecule has 3 heteroatoms. The van der Waals surface area contributed by atoms with Crippen LogP contribution in [0.1, 0.15) is 46.0 Å². The quantitative estimate of drug-likeness (QED) is 0.770. The second-order valence-electron chi connectivity index (χ2n) is 5.16. The zero-order chi connectivity index (χ0) is 11.5. The highest BCUT2D eigenvalue weighted by Gasteiger charge is 2.40. The molecule has 0 aromatic heterocycles. The lowest BCUT2D eigenvalue weighted by atomic mass is 9.74. The standard InChI is InChI=1S/C12H23F2N/c1-9(2)10-3-5-11(6-4-10)12(13,14)7-8-15/h9-11H,3-8,15H2,1-2H3. The third-order valence-corrected chi connectivity index (χ3v) is 3.79. The van der Waals surface area contributed by atoms with E-state index in [0.29, 0.717) is 24.7 Å². The average molecular weight is 219 g/mol. The van der Waals surface area contributed by atoms with E-state index in [9.17, 15) is 8.78 Å². The van der Waals surface area contributed by atoms with Gasteiger partial charge in [-0.1, -0.05) is 13.8 Å². The van der Waals surface area contributed by atoms with Crippen LogP contribution in [-0.4, -0.2) is 12.5 Å². The zero-order valence-electron chi connectivity index (χ0n) is 9.81. The van der Waals surface area contributed by atoms with Crippen molar-refractivity contribution < 1.29 is 8.78 Å². The Balaban J connectivity index is 2.43. The smallest absolute Gasteiger partial charge is 0.252 e. The highest BCUT2D eigenvalue weighted by molar-refractivity contribution is 4.83. The molecule has 15 heavy (non-hydrogen) atoms. The van der Waals surface area contributed by atoms with Crippen molar-refractivity contribution in [2.75, 3.05) is 6.54 Å². The second kappa shape index (κ2) is 5.24. The van der Waals surface area contributed by atoms with Crippen LogP contribution in [0.3, 0.4) is 0 Å². The fraction of sp³-hybridized carbons (Fsp3) is 1.00. The fourth-order valence-corrected chi connectivity index (χ4v) is 2.60. The van der Waals surface area contributed by atoms with Crippen LogP contribution in [0.2, 0.25) is 0 Å². The summed E-state index contributed by atoms with van der Waals surface area (Å²) in [4.78, 5) is 0. The van der Waals surface area contributed by atoms with Crippen molar-refractivity contribution in [2.24, 2.45) is 23.5 Å². The van der Waals surface area contributed by atoms with Gasteiger partial charge in [0.2, 0.25) is 0 Å². The molecular weight excluding hydrogens is 196 g/mol. The number of rotatable bonds is 4. The molecule has 0 atom stereocenters. The van der Waals surface area contributed by atoms with E-state index in [0.717, 1.165) is 12.8 Å². The summed E-state index contributed by atoms with van der Waals surface area (Å²) in [6.45, 7) is 4.46. The van der Waals surface area contributed by atoms with E-state index >= 15 is 0 Å². The van der Waals surface area contributed by atoms with Crippen molar-refractivity contribution in [2.45, 2.75) is 51.9 Å². The molecule has 1 fully saturated rings. The maximum absolute atomic E-state index is 13.6. The Labute approximate surface area is 91.4 Å². The molecule has 1 aliphatic carbocycles. The SMILES string of the molecule is CC(C)C1CCC(C(F)(F)CCN)CC1. The molecule has 1 aliphatic rings. The lowest BCUT2D eigenvalue weighted by molar-refractivity contribution is -0.0810. The van der Waals surface area contributed by atoms with E-state index in [2.05, 4.69) is 13.8 Å². The predicted octanol–water partition coefficient (Wildman–Crippen LogP) is 3.43. The van der Waals surface area contributed by atoms with Crippen LogP contribution in [0.4, 0.5) is 8.78 Å². The van der Waals surface area contributed by atoms with Crippen molar-refractivity contribution >= 4 is 0 Å². The van der Waals surface area contributed by atoms with E-state index in [4.69, 9.17) is 5.73 Å². The van der Waals surface area contributed by atoms with Gasteiger partial charge >= 0.3 is 0 Å². The van der Waals surface area contributed by atoms with Gasteiger partial charge in [-0.15, -0.1) is 0 Å². The molecule has 0 radical (unpaired) electrons. The molecule has 0 aromatic rings. The van der Waals surface area contributed by atoms with Gasteiger partial charge < -0.3 is 5.73 Å². The van der Waals surface area contributed by atoms with Gasteiger partial charge in [0, 0.05) is 12.3 Å². The summed E-state index contributed by atoms with van der Waals surface area (Å²) in [5, 5.41) is 0. The predicted molar refractivity (Wildman–Crippen MR) is 58.9 cm³/mol. The summed E-state index contributed by atoms with van der Waals surface area (Å²) in [5.41, 5.74) is 5.22. The molecule has 0 bridgehead atoms. The molecule has 1 nitrogen and oxygen atoms in total. The fourth-order valence-electron chi connectivity index (χ4n) is 2.60. The highest BCUT2D eigenvalue weighted by atomic mass is 19.3. The summed E-state index contributed by atoms with van der Waals surface area (Å²) in [7, 11) is 0. The first-order valence-corrected chi connectivity index (χ1v) is 6.05. The van der Waals surface area contributed by atoms with Crippen molar-refractivity contribution in [1.82, 2.24) is 0 Å². The molecule has 1 saturated carbocycles. The van der Waals surface area contributed by atoms with Crippen molar-refractivity contribution in [1.29, 1.82) is 0 Å². The summed E-state index contributed by atoms with van der Waals surface area (Å²) in [6, 6.07) is 0. The minimum Gasteiger partial charge on any atom is -0.330 e. The van der Waals surface area contributed by atoms with E-state index in [1.54, 1.807) is 0 Å². The van der Waals surface area contributed by atoms with E-state index in [1.165, 1.54) is 0 Å². The summed E-state index contributed by atoms with van der Waals surface area (Å²) in [6.07, 6.45) is 3.13. The van der Waals surface area contributed by atoms with Crippen molar-refractivity contribution in [3.8, 4) is 0 Å². The summed E-state index contributed by atoms with van der Waals surface area (Å²) < 4.78 is 27.1. The van der Waals surface area contributed by atoms with Gasteiger partial charge in [-0.05, 0) is 44.1 Å². The summed E-state index contributed by atoms with van der Waals surface area (Å²) >= 11 is 0. The van der Waals surface area contributed by atoms with Crippen LogP contribution in [0.25, 0.3) is 0 Å². The van der Waals surface area contributed by atoms with Crippen LogP contribution in [0, 0.1) is 17.8 Å². The zero-order valence-corrected chi connectivity index (χ0v) is 9.81. The van der Waals surface area contributed by atoms with Gasteiger partial charge in [-0.3, -0.25) is 0 Å². The van der Waals surface area contributed by atoms with E-state index < -0.39 is 11.8 Å². The van der Waals surface area contributed by atoms with Crippen LogP contribution < -0.4 is 5.73 Å². The van der Waals surface area contributed by atoms with Gasteiger partial charge in [0.25, 0.3) is 5.92 Å². The van der Waals surface area contributed by atoms with Crippen molar-refractivity contribution in [3.63, 3.8) is 0 Å². The maximum atomic E-state index is 13.6. The normalized spacial score (nSPS) is 28.4. The minimum absolute atomic E-state index is 0.0944. The first-order chi connectivity index (χ1) is 6.97. The van der Waals surface area contributed by atoms with Gasteiger partial charge in [-0.25, -0.2) is 8.78 Å². The first-order valence-electron chi connectivity index (χ1n) is 6.05. The van der Waals surface area contributed by atoms with E-state index in [1.807, 2.05) is 0 Å². The van der Waals surface area contributed by atoms with Gasteiger partial charge in [0.05, 0.1) is 0 Å². The number of halogens is 2. The molecule has 0 heterocycles. The minimum atomic E-state index is -2.53. The van der Waals surface area contributed by atoms with Gasteiger partial charge in [-0.2, -0.15) is 0 Å². The Morgan fingerprint density at radius 3 is 2.13 bits per heavy atom. The van der Waals surface area contributed by atoms with Crippen LogP contribution in [-0.2, 0) is 0 Å². The number of alkyl halides is 2. The largest absolute Gasteiger partial charge is 0.330 e. The Morgan fingerprint density at radius 2 is 1.73 bits per heavy atom. The van der Waals surface area contributed by atoms with E-state index in [-0.39, 0.29) is 13.0 Å². The molecule has 0 amide bonds. The lowest BCUT2D eigenvalue weighted by Crippen LogP contribution is -2.34. The molecule has 0 saturated heterocycles. The Hall–Kier alpha value is -0.180. The van der Waals surface area contributed by atoms with Crippen LogP contribution in [0.15, 0.2) is 0 Å². The molecular formula is C12H23F2N. The Bertz CT molecular complexity index is 184. The first kappa shape index (κ1) is 12.9. The Kier molecular flexibility index (Phi) is 4.50. The highest BCUT2D eigenvalue weighted by Crippen LogP contribution is 2.42. The van der Waals surface area contributed by atoms with Crippen molar-refractivity contribution in [3.05, 3.63) is 0 Å². The topological polar surface area (TPSA) is 26.0 Å². The monoisotopic (exact) mass is 219 g/mol. The second-order valence-corrected chi connectivity index (χ2v) is 5.16. The molecule has 0 aliphatic heterocycles.